The van der Waals surface area contributed by atoms with Crippen molar-refractivity contribution in [2.75, 3.05) is 25.2 Å². The Labute approximate surface area is 113 Å². The van der Waals surface area contributed by atoms with Crippen molar-refractivity contribution in [3.8, 4) is 5.75 Å². The van der Waals surface area contributed by atoms with E-state index in [1.807, 2.05) is 26.0 Å². The zero-order valence-corrected chi connectivity index (χ0v) is 12.2. The van der Waals surface area contributed by atoms with Crippen molar-refractivity contribution in [1.82, 2.24) is 5.32 Å². The molecular weight excluding hydrogens is 266 g/mol. The molecule has 0 aliphatic rings. The van der Waals surface area contributed by atoms with Crippen LogP contribution >= 0.6 is 0 Å². The number of ether oxygens (including phenoxy) is 1. The van der Waals surface area contributed by atoms with Crippen LogP contribution in [-0.4, -0.2) is 39.5 Å². The lowest BCUT2D eigenvalue weighted by molar-refractivity contribution is -0.122. The summed E-state index contributed by atoms with van der Waals surface area (Å²) in [5, 5.41) is 2.49. The highest BCUT2D eigenvalue weighted by Crippen LogP contribution is 2.16. The molecule has 0 unspecified atom stereocenters. The summed E-state index contributed by atoms with van der Waals surface area (Å²) in [6.07, 6.45) is 1.13. The lowest BCUT2D eigenvalue weighted by Crippen LogP contribution is -2.32. The molecule has 1 amide bonds. The van der Waals surface area contributed by atoms with E-state index in [0.29, 0.717) is 5.75 Å². The number of benzene rings is 1. The zero-order chi connectivity index (χ0) is 14.5. The minimum Gasteiger partial charge on any atom is -0.484 e. The predicted molar refractivity (Wildman–Crippen MR) is 74.1 cm³/mol. The van der Waals surface area contributed by atoms with Crippen LogP contribution in [0.1, 0.15) is 11.1 Å². The van der Waals surface area contributed by atoms with Gasteiger partial charge in [-0.3, -0.25) is 4.79 Å². The number of aryl methyl sites for hydroxylation is 2. The van der Waals surface area contributed by atoms with Crippen LogP contribution in [0.15, 0.2) is 18.2 Å². The molecule has 0 radical (unpaired) electrons. The van der Waals surface area contributed by atoms with E-state index in [-0.39, 0.29) is 24.8 Å². The van der Waals surface area contributed by atoms with E-state index < -0.39 is 9.84 Å². The van der Waals surface area contributed by atoms with Gasteiger partial charge in [0.2, 0.25) is 0 Å². The van der Waals surface area contributed by atoms with Crippen LogP contribution in [-0.2, 0) is 14.6 Å². The van der Waals surface area contributed by atoms with Crippen LogP contribution in [0, 0.1) is 13.8 Å². The lowest BCUT2D eigenvalue weighted by atomic mass is 10.1. The van der Waals surface area contributed by atoms with Gasteiger partial charge in [-0.2, -0.15) is 0 Å². The molecule has 1 rings (SSSR count). The van der Waals surface area contributed by atoms with Crippen molar-refractivity contribution in [1.29, 1.82) is 0 Å². The van der Waals surface area contributed by atoms with Crippen molar-refractivity contribution in [2.45, 2.75) is 13.8 Å². The average Bonchev–Trinajstić information content (AvgIpc) is 2.29. The van der Waals surface area contributed by atoms with Crippen LogP contribution in [0.2, 0.25) is 0 Å². The Kier molecular flexibility index (Phi) is 5.35. The molecule has 0 heterocycles. The molecule has 0 aliphatic carbocycles. The normalized spacial score (nSPS) is 11.1. The standard InChI is InChI=1S/C13H19NO4S/c1-10-4-5-12(8-11(10)2)18-9-13(15)14-6-7-19(3,16)17/h4-5,8H,6-7,9H2,1-3H3,(H,14,15). The van der Waals surface area contributed by atoms with Gasteiger partial charge in [-0.15, -0.1) is 0 Å². The van der Waals surface area contributed by atoms with Gasteiger partial charge in [-0.25, -0.2) is 8.42 Å². The fourth-order valence-corrected chi connectivity index (χ4v) is 1.85. The molecule has 0 spiro atoms. The quantitative estimate of drug-likeness (QED) is 0.841. The maximum atomic E-state index is 11.4. The Morgan fingerprint density at radius 3 is 2.53 bits per heavy atom. The molecule has 1 N–H and O–H groups in total. The largest absolute Gasteiger partial charge is 0.484 e. The third-order valence-electron chi connectivity index (χ3n) is 2.64. The zero-order valence-electron chi connectivity index (χ0n) is 11.4. The molecule has 1 aromatic rings. The van der Waals surface area contributed by atoms with Crippen LogP contribution in [0.4, 0.5) is 0 Å². The summed E-state index contributed by atoms with van der Waals surface area (Å²) in [5.41, 5.74) is 2.25. The number of carbonyl (C=O) groups is 1. The average molecular weight is 285 g/mol. The highest BCUT2D eigenvalue weighted by Gasteiger charge is 2.06. The minimum absolute atomic E-state index is 0.0671. The molecule has 0 aromatic heterocycles. The van der Waals surface area contributed by atoms with Gasteiger partial charge in [0.05, 0.1) is 5.75 Å². The first-order valence-electron chi connectivity index (χ1n) is 5.92. The predicted octanol–water partition coefficient (Wildman–Crippen LogP) is 0.843. The molecule has 0 atom stereocenters. The minimum atomic E-state index is -3.05. The third-order valence-corrected chi connectivity index (χ3v) is 3.59. The number of rotatable bonds is 6. The molecule has 0 saturated heterocycles. The van der Waals surface area contributed by atoms with E-state index in [2.05, 4.69) is 5.32 Å². The van der Waals surface area contributed by atoms with Crippen LogP contribution in [0.25, 0.3) is 0 Å². The summed E-state index contributed by atoms with van der Waals surface area (Å²) in [5.74, 6) is 0.228. The summed E-state index contributed by atoms with van der Waals surface area (Å²) in [7, 11) is -3.05. The van der Waals surface area contributed by atoms with Gasteiger partial charge in [0.25, 0.3) is 5.91 Å². The molecule has 106 valence electrons. The first-order chi connectivity index (χ1) is 8.78. The molecule has 19 heavy (non-hydrogen) atoms. The second-order valence-electron chi connectivity index (χ2n) is 4.51. The summed E-state index contributed by atoms with van der Waals surface area (Å²) in [4.78, 5) is 11.4. The Morgan fingerprint density at radius 2 is 1.95 bits per heavy atom. The molecule has 0 saturated carbocycles. The van der Waals surface area contributed by atoms with Gasteiger partial charge in [-0.1, -0.05) is 6.07 Å². The van der Waals surface area contributed by atoms with E-state index in [9.17, 15) is 13.2 Å². The van der Waals surface area contributed by atoms with Gasteiger partial charge in [-0.05, 0) is 37.1 Å². The lowest BCUT2D eigenvalue weighted by Gasteiger charge is -2.08. The van der Waals surface area contributed by atoms with Crippen LogP contribution < -0.4 is 10.1 Å². The van der Waals surface area contributed by atoms with Gasteiger partial charge < -0.3 is 10.1 Å². The number of hydrogen-bond donors (Lipinski definition) is 1. The molecule has 5 nitrogen and oxygen atoms in total. The Balaban J connectivity index is 2.36. The first-order valence-corrected chi connectivity index (χ1v) is 7.98. The maximum absolute atomic E-state index is 11.4. The Morgan fingerprint density at radius 1 is 1.26 bits per heavy atom. The SMILES string of the molecule is Cc1ccc(OCC(=O)NCCS(C)(=O)=O)cc1C. The van der Waals surface area contributed by atoms with E-state index >= 15 is 0 Å². The summed E-state index contributed by atoms with van der Waals surface area (Å²) in [6.45, 7) is 3.95. The fraction of sp³-hybridized carbons (Fsp3) is 0.462. The smallest absolute Gasteiger partial charge is 0.257 e. The van der Waals surface area contributed by atoms with Gasteiger partial charge in [0.15, 0.2) is 6.61 Å². The van der Waals surface area contributed by atoms with Gasteiger partial charge >= 0.3 is 0 Å². The summed E-state index contributed by atoms with van der Waals surface area (Å²) in [6, 6.07) is 5.58. The molecule has 0 aliphatic heterocycles. The third kappa shape index (κ3) is 6.24. The summed E-state index contributed by atoms with van der Waals surface area (Å²) >= 11 is 0. The maximum Gasteiger partial charge on any atom is 0.257 e. The topological polar surface area (TPSA) is 72.5 Å². The van der Waals surface area contributed by atoms with Crippen LogP contribution in [0.5, 0.6) is 5.75 Å². The Bertz CT molecular complexity index is 552. The van der Waals surface area contributed by atoms with E-state index in [1.165, 1.54) is 0 Å². The van der Waals surface area contributed by atoms with Gasteiger partial charge in [0, 0.05) is 12.8 Å². The van der Waals surface area contributed by atoms with Crippen molar-refractivity contribution < 1.29 is 17.9 Å². The highest BCUT2D eigenvalue weighted by molar-refractivity contribution is 7.90. The van der Waals surface area contributed by atoms with Crippen LogP contribution in [0.3, 0.4) is 0 Å². The van der Waals surface area contributed by atoms with Crippen molar-refractivity contribution in [3.63, 3.8) is 0 Å². The molecule has 0 fully saturated rings. The second kappa shape index (κ2) is 6.56. The molecule has 0 bridgehead atoms. The van der Waals surface area contributed by atoms with Crippen molar-refractivity contribution in [2.24, 2.45) is 0 Å². The van der Waals surface area contributed by atoms with Crippen molar-refractivity contribution >= 4 is 15.7 Å². The van der Waals surface area contributed by atoms with E-state index in [0.717, 1.165) is 17.4 Å². The molecule has 6 heteroatoms. The van der Waals surface area contributed by atoms with Gasteiger partial charge in [0.1, 0.15) is 15.6 Å². The molecular formula is C13H19NO4S. The number of hydrogen-bond acceptors (Lipinski definition) is 4. The molecule has 1 aromatic carbocycles. The number of sulfone groups is 1. The van der Waals surface area contributed by atoms with E-state index in [1.54, 1.807) is 6.07 Å². The summed E-state index contributed by atoms with van der Waals surface area (Å²) < 4.78 is 27.1. The second-order valence-corrected chi connectivity index (χ2v) is 6.77. The Hall–Kier alpha value is -1.56. The van der Waals surface area contributed by atoms with E-state index in [4.69, 9.17) is 4.74 Å². The number of carbonyl (C=O) groups excluding carboxylic acids is 1. The monoisotopic (exact) mass is 285 g/mol. The highest BCUT2D eigenvalue weighted by atomic mass is 32.2. The van der Waals surface area contributed by atoms with Crippen molar-refractivity contribution in [3.05, 3.63) is 29.3 Å². The fourth-order valence-electron chi connectivity index (χ4n) is 1.38. The number of amides is 1. The number of nitrogens with one attached hydrogen (secondary N) is 1. The first kappa shape index (κ1) is 15.5.